The molecule has 3 N–H and O–H groups in total. The van der Waals surface area contributed by atoms with Gasteiger partial charge in [0.05, 0.1) is 6.61 Å². The lowest BCUT2D eigenvalue weighted by molar-refractivity contribution is -0.138. The summed E-state index contributed by atoms with van der Waals surface area (Å²) < 4.78 is 5.53. The van der Waals surface area contributed by atoms with Gasteiger partial charge < -0.3 is 15.6 Å². The number of carbonyl (C=O) groups is 1. The van der Waals surface area contributed by atoms with Gasteiger partial charge in [0.1, 0.15) is 17.3 Å². The van der Waals surface area contributed by atoms with Crippen molar-refractivity contribution in [2.75, 3.05) is 6.61 Å². The lowest BCUT2D eigenvalue weighted by Crippen LogP contribution is -2.31. The minimum atomic E-state index is -1.02. The molecule has 0 amide bonds. The van der Waals surface area contributed by atoms with Crippen molar-refractivity contribution in [3.05, 3.63) is 36.5 Å². The maximum atomic E-state index is 10.6. The van der Waals surface area contributed by atoms with Gasteiger partial charge in [0.15, 0.2) is 0 Å². The van der Waals surface area contributed by atoms with E-state index in [1.807, 2.05) is 30.3 Å². The standard InChI is InChI=1S/C13H14N2O3/c14-10(13(16)17)6-8-18-11-5-1-3-9-4-2-7-15-12(9)11/h1-5,7,10H,6,8,14H2,(H,16,17). The van der Waals surface area contributed by atoms with E-state index in [9.17, 15) is 4.79 Å². The largest absolute Gasteiger partial charge is 0.491 e. The highest BCUT2D eigenvalue weighted by Crippen LogP contribution is 2.22. The first kappa shape index (κ1) is 12.3. The maximum Gasteiger partial charge on any atom is 0.320 e. The van der Waals surface area contributed by atoms with Crippen molar-refractivity contribution in [3.63, 3.8) is 0 Å². The molecular formula is C13H14N2O3. The molecule has 0 aliphatic carbocycles. The van der Waals surface area contributed by atoms with Gasteiger partial charge in [-0.25, -0.2) is 0 Å². The Morgan fingerprint density at radius 1 is 1.39 bits per heavy atom. The average Bonchev–Trinajstić information content (AvgIpc) is 2.38. The summed E-state index contributed by atoms with van der Waals surface area (Å²) in [6.07, 6.45) is 1.96. The number of hydrogen-bond acceptors (Lipinski definition) is 4. The number of pyridine rings is 1. The van der Waals surface area contributed by atoms with Crippen LogP contribution in [0.3, 0.4) is 0 Å². The van der Waals surface area contributed by atoms with Crippen LogP contribution in [0.1, 0.15) is 6.42 Å². The molecule has 2 aromatic rings. The van der Waals surface area contributed by atoms with E-state index in [1.165, 1.54) is 0 Å². The number of aromatic nitrogens is 1. The molecule has 0 fully saturated rings. The van der Waals surface area contributed by atoms with Gasteiger partial charge in [0, 0.05) is 18.0 Å². The molecule has 0 aliphatic heterocycles. The number of nitrogens with two attached hydrogens (primary N) is 1. The van der Waals surface area contributed by atoms with Gasteiger partial charge in [0.25, 0.3) is 0 Å². The van der Waals surface area contributed by atoms with E-state index in [-0.39, 0.29) is 13.0 Å². The Labute approximate surface area is 104 Å². The van der Waals surface area contributed by atoms with Crippen molar-refractivity contribution in [1.29, 1.82) is 0 Å². The third-order valence-corrected chi connectivity index (χ3v) is 2.60. The van der Waals surface area contributed by atoms with Gasteiger partial charge in [0.2, 0.25) is 0 Å². The van der Waals surface area contributed by atoms with Crippen LogP contribution in [0.4, 0.5) is 0 Å². The molecular weight excluding hydrogens is 232 g/mol. The Kier molecular flexibility index (Phi) is 3.74. The Morgan fingerprint density at radius 2 is 2.17 bits per heavy atom. The van der Waals surface area contributed by atoms with Crippen LogP contribution in [0.5, 0.6) is 5.75 Å². The number of carboxylic acid groups (broad SMARTS) is 1. The number of nitrogens with zero attached hydrogens (tertiary/aromatic N) is 1. The Balaban J connectivity index is 2.06. The number of benzene rings is 1. The molecule has 2 rings (SSSR count). The fraction of sp³-hybridized carbons (Fsp3) is 0.231. The van der Waals surface area contributed by atoms with E-state index in [4.69, 9.17) is 15.6 Å². The molecule has 5 nitrogen and oxygen atoms in total. The molecule has 0 saturated heterocycles. The minimum absolute atomic E-state index is 0.253. The summed E-state index contributed by atoms with van der Waals surface area (Å²) in [7, 11) is 0. The van der Waals surface area contributed by atoms with Crippen molar-refractivity contribution in [2.24, 2.45) is 5.73 Å². The van der Waals surface area contributed by atoms with Crippen LogP contribution in [-0.2, 0) is 4.79 Å². The number of ether oxygens (including phenoxy) is 1. The molecule has 0 radical (unpaired) electrons. The van der Waals surface area contributed by atoms with Crippen LogP contribution in [0.15, 0.2) is 36.5 Å². The van der Waals surface area contributed by atoms with Crippen LogP contribution in [0.2, 0.25) is 0 Å². The Hall–Kier alpha value is -2.14. The second kappa shape index (κ2) is 5.46. The van der Waals surface area contributed by atoms with Crippen molar-refractivity contribution >= 4 is 16.9 Å². The zero-order valence-corrected chi connectivity index (χ0v) is 9.74. The summed E-state index contributed by atoms with van der Waals surface area (Å²) in [6, 6.07) is 8.52. The summed E-state index contributed by atoms with van der Waals surface area (Å²) in [6.45, 7) is 0.253. The van der Waals surface area contributed by atoms with E-state index in [1.54, 1.807) is 6.20 Å². The quantitative estimate of drug-likeness (QED) is 0.833. The Bertz CT molecular complexity index is 551. The molecule has 0 aliphatic rings. The van der Waals surface area contributed by atoms with Crippen molar-refractivity contribution in [3.8, 4) is 5.75 Å². The number of carboxylic acids is 1. The van der Waals surface area contributed by atoms with E-state index in [2.05, 4.69) is 4.98 Å². The molecule has 18 heavy (non-hydrogen) atoms. The molecule has 1 unspecified atom stereocenters. The number of para-hydroxylation sites is 1. The summed E-state index contributed by atoms with van der Waals surface area (Å²) >= 11 is 0. The minimum Gasteiger partial charge on any atom is -0.491 e. The fourth-order valence-electron chi connectivity index (χ4n) is 1.61. The summed E-state index contributed by atoms with van der Waals surface area (Å²) in [5, 5.41) is 9.64. The first-order valence-electron chi connectivity index (χ1n) is 5.63. The molecule has 1 aromatic heterocycles. The van der Waals surface area contributed by atoms with E-state index >= 15 is 0 Å². The molecule has 1 aromatic carbocycles. The van der Waals surface area contributed by atoms with Gasteiger partial charge in [-0.05, 0) is 12.1 Å². The highest BCUT2D eigenvalue weighted by atomic mass is 16.5. The fourth-order valence-corrected chi connectivity index (χ4v) is 1.61. The van der Waals surface area contributed by atoms with Crippen LogP contribution in [0, 0.1) is 0 Å². The normalized spacial score (nSPS) is 12.3. The van der Waals surface area contributed by atoms with Gasteiger partial charge >= 0.3 is 5.97 Å². The number of hydrogen-bond donors (Lipinski definition) is 2. The summed E-state index contributed by atoms with van der Waals surface area (Å²) in [5.74, 6) is -0.375. The van der Waals surface area contributed by atoms with Gasteiger partial charge in [-0.3, -0.25) is 9.78 Å². The second-order valence-corrected chi connectivity index (χ2v) is 3.91. The van der Waals surface area contributed by atoms with Crippen LogP contribution >= 0.6 is 0 Å². The lowest BCUT2D eigenvalue weighted by atomic mass is 10.2. The van der Waals surface area contributed by atoms with E-state index in [0.29, 0.717) is 5.75 Å². The van der Waals surface area contributed by atoms with E-state index < -0.39 is 12.0 Å². The highest BCUT2D eigenvalue weighted by molar-refractivity contribution is 5.84. The molecule has 1 atom stereocenters. The SMILES string of the molecule is NC(CCOc1cccc2cccnc12)C(=O)O. The zero-order valence-electron chi connectivity index (χ0n) is 9.74. The van der Waals surface area contributed by atoms with Crippen LogP contribution in [-0.4, -0.2) is 28.7 Å². The number of rotatable bonds is 5. The zero-order chi connectivity index (χ0) is 13.0. The number of aliphatic carboxylic acids is 1. The predicted octanol–water partition coefficient (Wildman–Crippen LogP) is 1.42. The topological polar surface area (TPSA) is 85.4 Å². The molecule has 94 valence electrons. The molecule has 0 spiro atoms. The smallest absolute Gasteiger partial charge is 0.320 e. The molecule has 5 heteroatoms. The molecule has 0 saturated carbocycles. The average molecular weight is 246 g/mol. The van der Waals surface area contributed by atoms with E-state index in [0.717, 1.165) is 10.9 Å². The Morgan fingerprint density at radius 3 is 2.94 bits per heavy atom. The van der Waals surface area contributed by atoms with Crippen molar-refractivity contribution in [2.45, 2.75) is 12.5 Å². The van der Waals surface area contributed by atoms with Crippen molar-refractivity contribution < 1.29 is 14.6 Å². The monoisotopic (exact) mass is 246 g/mol. The van der Waals surface area contributed by atoms with Gasteiger partial charge in [-0.15, -0.1) is 0 Å². The third-order valence-electron chi connectivity index (χ3n) is 2.60. The molecule has 0 bridgehead atoms. The first-order chi connectivity index (χ1) is 8.68. The van der Waals surface area contributed by atoms with Crippen LogP contribution in [0.25, 0.3) is 10.9 Å². The lowest BCUT2D eigenvalue weighted by Gasteiger charge is -2.10. The summed E-state index contributed by atoms with van der Waals surface area (Å²) in [5.41, 5.74) is 6.17. The van der Waals surface area contributed by atoms with Gasteiger partial charge in [-0.2, -0.15) is 0 Å². The van der Waals surface area contributed by atoms with Gasteiger partial charge in [-0.1, -0.05) is 18.2 Å². The van der Waals surface area contributed by atoms with Crippen LogP contribution < -0.4 is 10.5 Å². The molecule has 1 heterocycles. The number of fused-ring (bicyclic) bond motifs is 1. The third kappa shape index (κ3) is 2.75. The second-order valence-electron chi connectivity index (χ2n) is 3.91. The highest BCUT2D eigenvalue weighted by Gasteiger charge is 2.11. The first-order valence-corrected chi connectivity index (χ1v) is 5.63. The predicted molar refractivity (Wildman–Crippen MR) is 67.5 cm³/mol. The summed E-state index contributed by atoms with van der Waals surface area (Å²) in [4.78, 5) is 14.8. The van der Waals surface area contributed by atoms with Crippen molar-refractivity contribution in [1.82, 2.24) is 4.98 Å². The maximum absolute atomic E-state index is 10.6.